The number of benzene rings is 9. The molecular weight excluding hydrogens is 705 g/mol. The highest BCUT2D eigenvalue weighted by atomic mass is 32.1. The Kier molecular flexibility index (Phi) is 11.2. The number of fused-ring (bicyclic) bond motifs is 5. The Labute approximate surface area is 343 Å². The monoisotopic (exact) mass is 754 g/mol. The van der Waals surface area contributed by atoms with E-state index >= 15 is 0 Å². The lowest BCUT2D eigenvalue weighted by molar-refractivity contribution is 0.577. The van der Waals surface area contributed by atoms with Gasteiger partial charge in [-0.05, 0) is 130 Å². The lowest BCUT2D eigenvalue weighted by Crippen LogP contribution is -1.95. The summed E-state index contributed by atoms with van der Waals surface area (Å²) in [6, 6.07) is 65.7. The minimum Gasteiger partial charge on any atom is -0.179 e. The van der Waals surface area contributed by atoms with Crippen LogP contribution in [0.1, 0.15) is 56.9 Å². The molecule has 0 heterocycles. The molecule has 0 atom stereocenters. The van der Waals surface area contributed by atoms with Gasteiger partial charge in [-0.2, -0.15) is 12.6 Å². The molecule has 0 radical (unpaired) electrons. The van der Waals surface area contributed by atoms with Crippen LogP contribution in [0.5, 0.6) is 0 Å². The zero-order chi connectivity index (χ0) is 38.4. The summed E-state index contributed by atoms with van der Waals surface area (Å²) in [5.74, 6) is 1.01. The Morgan fingerprint density at radius 3 is 1.63 bits per heavy atom. The molecular formula is C56H50S. The van der Waals surface area contributed by atoms with Crippen molar-refractivity contribution in [3.63, 3.8) is 0 Å². The van der Waals surface area contributed by atoms with Gasteiger partial charge in [-0.1, -0.05) is 202 Å². The molecule has 0 saturated carbocycles. The second-order valence-corrected chi connectivity index (χ2v) is 16.1. The van der Waals surface area contributed by atoms with Crippen LogP contribution >= 0.6 is 12.6 Å². The van der Waals surface area contributed by atoms with Crippen molar-refractivity contribution in [2.45, 2.75) is 57.8 Å². The second kappa shape index (κ2) is 17.2. The van der Waals surface area contributed by atoms with Crippen LogP contribution in [0.15, 0.2) is 176 Å². The van der Waals surface area contributed by atoms with Gasteiger partial charge in [0.1, 0.15) is 0 Å². The molecule has 0 unspecified atom stereocenters. The van der Waals surface area contributed by atoms with Crippen molar-refractivity contribution in [1.29, 1.82) is 0 Å². The molecule has 0 bridgehead atoms. The van der Waals surface area contributed by atoms with Gasteiger partial charge in [0, 0.05) is 0 Å². The van der Waals surface area contributed by atoms with Crippen molar-refractivity contribution in [2.75, 3.05) is 5.75 Å². The van der Waals surface area contributed by atoms with Gasteiger partial charge in [0.15, 0.2) is 0 Å². The van der Waals surface area contributed by atoms with Gasteiger partial charge in [0.25, 0.3) is 0 Å². The first-order chi connectivity index (χ1) is 28.3. The molecule has 0 N–H and O–H groups in total. The summed E-state index contributed by atoms with van der Waals surface area (Å²) in [6.45, 7) is 0. The van der Waals surface area contributed by atoms with E-state index in [4.69, 9.17) is 0 Å². The van der Waals surface area contributed by atoms with Gasteiger partial charge in [-0.25, -0.2) is 0 Å². The van der Waals surface area contributed by atoms with Crippen LogP contribution in [0.4, 0.5) is 0 Å². The number of unbranched alkanes of at least 4 members (excludes halogenated alkanes) is 7. The van der Waals surface area contributed by atoms with Crippen LogP contribution in [0.25, 0.3) is 87.6 Å². The summed E-state index contributed by atoms with van der Waals surface area (Å²) >= 11 is 4.38. The highest BCUT2D eigenvalue weighted by Gasteiger charge is 2.20. The molecule has 0 spiro atoms. The molecule has 0 fully saturated rings. The van der Waals surface area contributed by atoms with E-state index in [1.54, 1.807) is 0 Å². The van der Waals surface area contributed by atoms with Gasteiger partial charge in [0.05, 0.1) is 0 Å². The van der Waals surface area contributed by atoms with Crippen molar-refractivity contribution in [2.24, 2.45) is 0 Å². The normalized spacial score (nSPS) is 11.6. The highest BCUT2D eigenvalue weighted by Crippen LogP contribution is 2.47. The number of hydrogen-bond donors (Lipinski definition) is 1. The second-order valence-electron chi connectivity index (χ2n) is 15.7. The number of aryl methyl sites for hydroxylation is 1. The van der Waals surface area contributed by atoms with Gasteiger partial charge in [-0.15, -0.1) is 0 Å². The Bertz CT molecular complexity index is 2810. The van der Waals surface area contributed by atoms with E-state index in [2.05, 4.69) is 189 Å². The zero-order valence-electron chi connectivity index (χ0n) is 32.8. The van der Waals surface area contributed by atoms with Crippen molar-refractivity contribution in [3.8, 4) is 44.5 Å². The quantitative estimate of drug-likeness (QED) is 0.0486. The third-order valence-corrected chi connectivity index (χ3v) is 12.3. The van der Waals surface area contributed by atoms with Crippen molar-refractivity contribution in [1.82, 2.24) is 0 Å². The summed E-state index contributed by atoms with van der Waals surface area (Å²) in [6.07, 6.45) is 11.5. The number of hydrogen-bond acceptors (Lipinski definition) is 1. The Hall–Kier alpha value is -5.63. The van der Waals surface area contributed by atoms with Crippen molar-refractivity contribution < 1.29 is 0 Å². The summed E-state index contributed by atoms with van der Waals surface area (Å²) in [5.41, 5.74) is 11.6. The first-order valence-electron chi connectivity index (χ1n) is 21.0. The lowest BCUT2D eigenvalue weighted by atomic mass is 9.82. The molecule has 0 amide bonds. The number of rotatable bonds is 14. The number of thiol groups is 1. The van der Waals surface area contributed by atoms with Crippen LogP contribution in [0, 0.1) is 0 Å². The van der Waals surface area contributed by atoms with Crippen LogP contribution in [-0.4, -0.2) is 5.75 Å². The van der Waals surface area contributed by atoms with Crippen LogP contribution in [-0.2, 0) is 6.42 Å². The standard InChI is InChI=1S/C56H50S/c57-36-19-6-4-2-1-3-5-8-21-40-34-35-52-54(37-40)55(50-32-17-18-33-51(50)56(52)49-31-16-13-27-45(49)41-22-9-7-10-23-41)44-26-20-25-42(38-44)53-39-43-24-11-12-28-46(43)47-29-14-15-30-48(47)53/h7,9-18,20,22-35,37-39,57H,1-6,8,19,21,36H2. The average molecular weight is 755 g/mol. The molecule has 9 rings (SSSR count). The van der Waals surface area contributed by atoms with E-state index in [-0.39, 0.29) is 0 Å². The van der Waals surface area contributed by atoms with E-state index in [0.29, 0.717) is 0 Å². The van der Waals surface area contributed by atoms with Gasteiger partial charge in [-0.3, -0.25) is 0 Å². The Balaban J connectivity index is 1.20. The molecule has 0 aliphatic carbocycles. The molecule has 9 aromatic carbocycles. The first-order valence-corrected chi connectivity index (χ1v) is 21.7. The van der Waals surface area contributed by atoms with E-state index in [1.165, 1.54) is 145 Å². The van der Waals surface area contributed by atoms with Crippen molar-refractivity contribution >= 4 is 55.7 Å². The van der Waals surface area contributed by atoms with Crippen LogP contribution in [0.3, 0.4) is 0 Å². The van der Waals surface area contributed by atoms with Crippen LogP contribution in [0.2, 0.25) is 0 Å². The van der Waals surface area contributed by atoms with Crippen molar-refractivity contribution in [3.05, 3.63) is 181 Å². The fourth-order valence-corrected chi connectivity index (χ4v) is 9.41. The third-order valence-electron chi connectivity index (χ3n) is 12.0. The largest absolute Gasteiger partial charge is 0.179 e. The predicted molar refractivity (Wildman–Crippen MR) is 253 cm³/mol. The maximum atomic E-state index is 4.38. The minimum absolute atomic E-state index is 1.01. The Morgan fingerprint density at radius 1 is 0.298 bits per heavy atom. The lowest BCUT2D eigenvalue weighted by Gasteiger charge is -2.21. The zero-order valence-corrected chi connectivity index (χ0v) is 33.7. The van der Waals surface area contributed by atoms with Gasteiger partial charge in [0.2, 0.25) is 0 Å². The molecule has 0 nitrogen and oxygen atoms in total. The maximum absolute atomic E-state index is 4.38. The van der Waals surface area contributed by atoms with E-state index in [9.17, 15) is 0 Å². The fourth-order valence-electron chi connectivity index (χ4n) is 9.19. The molecule has 0 aliphatic rings. The smallest absolute Gasteiger partial charge is 0.00201 e. The fraction of sp³-hybridized carbons (Fsp3) is 0.179. The average Bonchev–Trinajstić information content (AvgIpc) is 3.27. The third kappa shape index (κ3) is 7.62. The first kappa shape index (κ1) is 37.0. The van der Waals surface area contributed by atoms with E-state index in [1.807, 2.05) is 0 Å². The van der Waals surface area contributed by atoms with Gasteiger partial charge < -0.3 is 0 Å². The summed E-state index contributed by atoms with van der Waals surface area (Å²) < 4.78 is 0. The summed E-state index contributed by atoms with van der Waals surface area (Å²) in [4.78, 5) is 0. The molecule has 57 heavy (non-hydrogen) atoms. The van der Waals surface area contributed by atoms with Gasteiger partial charge >= 0.3 is 0 Å². The summed E-state index contributed by atoms with van der Waals surface area (Å²) in [7, 11) is 0. The van der Waals surface area contributed by atoms with E-state index in [0.717, 1.165) is 12.2 Å². The SMILES string of the molecule is SCCCCCCCCCCc1ccc2c(-c3ccccc3-c3ccccc3)c3ccccc3c(-c3cccc(-c4cc5ccccc5c5ccccc45)c3)c2c1. The predicted octanol–water partition coefficient (Wildman–Crippen LogP) is 16.6. The minimum atomic E-state index is 1.01. The molecule has 0 saturated heterocycles. The molecule has 9 aromatic rings. The van der Waals surface area contributed by atoms with Crippen LogP contribution < -0.4 is 0 Å². The van der Waals surface area contributed by atoms with E-state index < -0.39 is 0 Å². The molecule has 0 aromatic heterocycles. The topological polar surface area (TPSA) is 0 Å². The molecule has 280 valence electrons. The molecule has 1 heteroatoms. The Morgan fingerprint density at radius 2 is 0.860 bits per heavy atom. The molecule has 0 aliphatic heterocycles. The highest BCUT2D eigenvalue weighted by molar-refractivity contribution is 7.80. The summed E-state index contributed by atoms with van der Waals surface area (Å²) in [5, 5.41) is 10.4. The maximum Gasteiger partial charge on any atom is -0.00201 e.